The highest BCUT2D eigenvalue weighted by atomic mass is 35.5. The Morgan fingerprint density at radius 1 is 0.976 bits per heavy atom. The first kappa shape index (κ1) is 28.4. The third kappa shape index (κ3) is 5.82. The van der Waals surface area contributed by atoms with E-state index >= 15 is 0 Å². The predicted octanol–water partition coefficient (Wildman–Crippen LogP) is 6.76. The number of fused-ring (bicyclic) bond motifs is 1. The van der Waals surface area contributed by atoms with Gasteiger partial charge in [-0.15, -0.1) is 0 Å². The summed E-state index contributed by atoms with van der Waals surface area (Å²) < 4.78 is 28.6. The minimum atomic E-state index is -0.579. The van der Waals surface area contributed by atoms with Gasteiger partial charge in [0.05, 0.1) is 19.6 Å². The zero-order valence-corrected chi connectivity index (χ0v) is 23.7. The zero-order chi connectivity index (χ0) is 29.6. The summed E-state index contributed by atoms with van der Waals surface area (Å²) in [6, 6.07) is 26.8. The number of nitriles is 1. The standard InChI is InChI=1S/C33H27ClN2O6/c1-3-39-27-11-7-5-9-24(27)33(37)41-22-13-14-23-29(17-22)42-32(36)25(18-35)31(23)20-12-15-28(30(16-20)38-2)40-19-21-8-4-6-10-26(21)34/h4-17,31H,3,19,36H2,1-2H3. The van der Waals surface area contributed by atoms with Crippen molar-refractivity contribution in [3.05, 3.63) is 124 Å². The van der Waals surface area contributed by atoms with Crippen molar-refractivity contribution in [2.45, 2.75) is 19.4 Å². The van der Waals surface area contributed by atoms with Gasteiger partial charge in [-0.1, -0.05) is 54.1 Å². The predicted molar refractivity (Wildman–Crippen MR) is 157 cm³/mol. The molecule has 0 aliphatic carbocycles. The second kappa shape index (κ2) is 12.6. The molecule has 0 saturated carbocycles. The van der Waals surface area contributed by atoms with Crippen molar-refractivity contribution in [1.82, 2.24) is 0 Å². The van der Waals surface area contributed by atoms with Crippen LogP contribution < -0.4 is 29.4 Å². The molecule has 0 fully saturated rings. The molecular weight excluding hydrogens is 556 g/mol. The lowest BCUT2D eigenvalue weighted by Gasteiger charge is -2.27. The third-order valence-electron chi connectivity index (χ3n) is 6.67. The maximum absolute atomic E-state index is 12.9. The molecule has 4 aromatic rings. The molecule has 9 heteroatoms. The van der Waals surface area contributed by atoms with Crippen molar-refractivity contribution in [2.24, 2.45) is 5.73 Å². The smallest absolute Gasteiger partial charge is 0.347 e. The number of nitrogens with zero attached hydrogens (tertiary/aromatic N) is 1. The molecule has 0 radical (unpaired) electrons. The fourth-order valence-corrected chi connectivity index (χ4v) is 4.87. The lowest BCUT2D eigenvalue weighted by Crippen LogP contribution is -2.21. The SMILES string of the molecule is CCOc1ccccc1C(=O)Oc1ccc2c(c1)OC(N)=C(C#N)C2c1ccc(OCc2ccccc2Cl)c(OC)c1. The van der Waals surface area contributed by atoms with Crippen LogP contribution >= 0.6 is 11.6 Å². The number of carbonyl (C=O) groups excluding carboxylic acids is 1. The van der Waals surface area contributed by atoms with Gasteiger partial charge in [-0.05, 0) is 48.9 Å². The Balaban J connectivity index is 1.43. The van der Waals surface area contributed by atoms with Gasteiger partial charge in [0.15, 0.2) is 11.5 Å². The average Bonchev–Trinajstić information content (AvgIpc) is 3.00. The van der Waals surface area contributed by atoms with Crippen LogP contribution in [0.5, 0.6) is 28.7 Å². The highest BCUT2D eigenvalue weighted by Gasteiger charge is 2.32. The van der Waals surface area contributed by atoms with Crippen LogP contribution in [0.1, 0.15) is 39.9 Å². The molecular formula is C33H27ClN2O6. The summed E-state index contributed by atoms with van der Waals surface area (Å²) in [5, 5.41) is 10.6. The number of benzene rings is 4. The monoisotopic (exact) mass is 582 g/mol. The normalized spacial score (nSPS) is 13.8. The van der Waals surface area contributed by atoms with E-state index in [1.165, 1.54) is 0 Å². The maximum atomic E-state index is 12.9. The summed E-state index contributed by atoms with van der Waals surface area (Å²) in [7, 11) is 1.54. The Kier molecular flexibility index (Phi) is 8.51. The molecule has 0 aromatic heterocycles. The number of halogens is 1. The summed E-state index contributed by atoms with van der Waals surface area (Å²) in [5.74, 6) is 0.839. The summed E-state index contributed by atoms with van der Waals surface area (Å²) in [5.41, 5.74) is 8.97. The van der Waals surface area contributed by atoms with Crippen LogP contribution in [-0.4, -0.2) is 19.7 Å². The van der Waals surface area contributed by atoms with E-state index in [9.17, 15) is 10.1 Å². The first-order valence-corrected chi connectivity index (χ1v) is 13.5. The van der Waals surface area contributed by atoms with Crippen LogP contribution in [0.15, 0.2) is 96.4 Å². The van der Waals surface area contributed by atoms with E-state index in [4.69, 9.17) is 41.0 Å². The molecule has 4 aromatic carbocycles. The second-order valence-corrected chi connectivity index (χ2v) is 9.64. The Morgan fingerprint density at radius 2 is 1.76 bits per heavy atom. The highest BCUT2D eigenvalue weighted by Crippen LogP contribution is 2.45. The Bertz CT molecular complexity index is 1710. The van der Waals surface area contributed by atoms with Crippen LogP contribution in [0.3, 0.4) is 0 Å². The Hall–Kier alpha value is -5.13. The average molecular weight is 583 g/mol. The molecule has 5 rings (SSSR count). The van der Waals surface area contributed by atoms with Crippen LogP contribution in [0.4, 0.5) is 0 Å². The van der Waals surface area contributed by atoms with Gasteiger partial charge in [0.1, 0.15) is 41.1 Å². The molecule has 8 nitrogen and oxygen atoms in total. The largest absolute Gasteiger partial charge is 0.493 e. The lowest BCUT2D eigenvalue weighted by atomic mass is 9.83. The fraction of sp³-hybridized carbons (Fsp3) is 0.152. The third-order valence-corrected chi connectivity index (χ3v) is 7.04. The van der Waals surface area contributed by atoms with E-state index < -0.39 is 11.9 Å². The first-order chi connectivity index (χ1) is 20.4. The van der Waals surface area contributed by atoms with Crippen molar-refractivity contribution in [2.75, 3.05) is 13.7 Å². The molecule has 0 bridgehead atoms. The summed E-state index contributed by atoms with van der Waals surface area (Å²) in [4.78, 5) is 12.9. The minimum absolute atomic E-state index is 0.0434. The van der Waals surface area contributed by atoms with Crippen LogP contribution in [0, 0.1) is 11.3 Å². The van der Waals surface area contributed by atoms with Gasteiger partial charge in [-0.25, -0.2) is 4.79 Å². The topological polar surface area (TPSA) is 113 Å². The number of methoxy groups -OCH3 is 1. The van der Waals surface area contributed by atoms with E-state index in [-0.39, 0.29) is 23.8 Å². The molecule has 212 valence electrons. The number of esters is 1. The van der Waals surface area contributed by atoms with E-state index in [1.807, 2.05) is 31.2 Å². The molecule has 42 heavy (non-hydrogen) atoms. The van der Waals surface area contributed by atoms with E-state index in [0.717, 1.165) is 11.1 Å². The van der Waals surface area contributed by atoms with Gasteiger partial charge in [-0.2, -0.15) is 5.26 Å². The molecule has 2 N–H and O–H groups in total. The summed E-state index contributed by atoms with van der Waals surface area (Å²) >= 11 is 6.27. The van der Waals surface area contributed by atoms with E-state index in [2.05, 4.69) is 6.07 Å². The van der Waals surface area contributed by atoms with Crippen molar-refractivity contribution in [3.8, 4) is 34.8 Å². The van der Waals surface area contributed by atoms with Gasteiger partial charge < -0.3 is 29.4 Å². The van der Waals surface area contributed by atoms with Crippen molar-refractivity contribution in [1.29, 1.82) is 5.26 Å². The Labute approximate surface area is 248 Å². The van der Waals surface area contributed by atoms with Gasteiger partial charge >= 0.3 is 5.97 Å². The summed E-state index contributed by atoms with van der Waals surface area (Å²) in [6.07, 6.45) is 0. The molecule has 1 heterocycles. The number of hydrogen-bond donors (Lipinski definition) is 1. The van der Waals surface area contributed by atoms with Crippen LogP contribution in [0.2, 0.25) is 5.02 Å². The Morgan fingerprint density at radius 3 is 2.52 bits per heavy atom. The van der Waals surface area contributed by atoms with Gasteiger partial charge in [0.2, 0.25) is 5.88 Å². The molecule has 1 aliphatic heterocycles. The maximum Gasteiger partial charge on any atom is 0.347 e. The van der Waals surface area contributed by atoms with E-state index in [0.29, 0.717) is 45.8 Å². The fourth-order valence-electron chi connectivity index (χ4n) is 4.67. The van der Waals surface area contributed by atoms with Crippen molar-refractivity contribution >= 4 is 17.6 Å². The molecule has 0 saturated heterocycles. The number of para-hydroxylation sites is 1. The van der Waals surface area contributed by atoms with Crippen LogP contribution in [0.25, 0.3) is 0 Å². The number of nitrogens with two attached hydrogens (primary N) is 1. The quantitative estimate of drug-likeness (QED) is 0.170. The second-order valence-electron chi connectivity index (χ2n) is 9.23. The molecule has 1 aliphatic rings. The number of rotatable bonds is 9. The number of ether oxygens (including phenoxy) is 5. The number of carbonyl (C=O) groups is 1. The van der Waals surface area contributed by atoms with Gasteiger partial charge in [0.25, 0.3) is 0 Å². The first-order valence-electron chi connectivity index (χ1n) is 13.1. The minimum Gasteiger partial charge on any atom is -0.493 e. The van der Waals surface area contributed by atoms with Crippen LogP contribution in [-0.2, 0) is 6.61 Å². The molecule has 1 unspecified atom stereocenters. The zero-order valence-electron chi connectivity index (χ0n) is 22.9. The van der Waals surface area contributed by atoms with E-state index in [1.54, 1.807) is 67.8 Å². The highest BCUT2D eigenvalue weighted by molar-refractivity contribution is 6.31. The molecule has 1 atom stereocenters. The van der Waals surface area contributed by atoms with Gasteiger partial charge in [0, 0.05) is 22.2 Å². The number of allylic oxidation sites excluding steroid dienone is 1. The van der Waals surface area contributed by atoms with Crippen molar-refractivity contribution in [3.63, 3.8) is 0 Å². The molecule has 0 amide bonds. The summed E-state index contributed by atoms with van der Waals surface area (Å²) in [6.45, 7) is 2.50. The van der Waals surface area contributed by atoms with Gasteiger partial charge in [-0.3, -0.25) is 0 Å². The molecule has 0 spiro atoms. The van der Waals surface area contributed by atoms with Crippen molar-refractivity contribution < 1.29 is 28.5 Å². The number of hydrogen-bond acceptors (Lipinski definition) is 8. The lowest BCUT2D eigenvalue weighted by molar-refractivity contribution is 0.0730.